The molecule has 0 saturated carbocycles. The predicted octanol–water partition coefficient (Wildman–Crippen LogP) is 1.78. The highest BCUT2D eigenvalue weighted by molar-refractivity contribution is 7.91. The quantitative estimate of drug-likeness (QED) is 0.826. The van der Waals surface area contributed by atoms with Crippen LogP contribution in [0.15, 0.2) is 29.2 Å². The molecule has 106 valence electrons. The Labute approximate surface area is 113 Å². The van der Waals surface area contributed by atoms with E-state index in [1.165, 1.54) is 0 Å². The van der Waals surface area contributed by atoms with Crippen LogP contribution in [0.1, 0.15) is 19.8 Å². The van der Waals surface area contributed by atoms with Gasteiger partial charge in [-0.2, -0.15) is 0 Å². The number of rotatable bonds is 7. The number of anilines is 1. The molecule has 0 atom stereocenters. The summed E-state index contributed by atoms with van der Waals surface area (Å²) in [7, 11) is -1.62. The summed E-state index contributed by atoms with van der Waals surface area (Å²) in [5, 5.41) is 8.68. The number of carbonyl (C=O) groups is 1. The fourth-order valence-corrected chi connectivity index (χ4v) is 3.38. The van der Waals surface area contributed by atoms with Gasteiger partial charge in [0.25, 0.3) is 0 Å². The van der Waals surface area contributed by atoms with Crippen molar-refractivity contribution >= 4 is 21.5 Å². The highest BCUT2D eigenvalue weighted by Gasteiger charge is 2.19. The Kier molecular flexibility index (Phi) is 5.35. The number of sulfone groups is 1. The minimum atomic E-state index is -3.31. The second kappa shape index (κ2) is 6.56. The first-order chi connectivity index (χ1) is 8.88. The number of hydrogen-bond acceptors (Lipinski definition) is 4. The second-order valence-corrected chi connectivity index (χ2v) is 6.43. The van der Waals surface area contributed by atoms with Crippen molar-refractivity contribution in [1.82, 2.24) is 0 Å². The molecule has 6 heteroatoms. The van der Waals surface area contributed by atoms with Crippen LogP contribution in [0.3, 0.4) is 0 Å². The van der Waals surface area contributed by atoms with Crippen molar-refractivity contribution in [3.8, 4) is 0 Å². The molecule has 0 spiro atoms. The third-order valence-corrected chi connectivity index (χ3v) is 4.71. The number of aliphatic carboxylic acids is 1. The molecule has 0 heterocycles. The Morgan fingerprint density at radius 1 is 1.32 bits per heavy atom. The zero-order valence-corrected chi connectivity index (χ0v) is 12.0. The lowest BCUT2D eigenvalue weighted by Crippen LogP contribution is -2.23. The molecule has 1 aromatic carbocycles. The van der Waals surface area contributed by atoms with E-state index in [9.17, 15) is 13.2 Å². The molecular formula is C13H19NO4S. The van der Waals surface area contributed by atoms with Gasteiger partial charge in [0.2, 0.25) is 0 Å². The van der Waals surface area contributed by atoms with Crippen molar-refractivity contribution in [3.63, 3.8) is 0 Å². The third kappa shape index (κ3) is 4.24. The Balaban J connectivity index is 3.05. The summed E-state index contributed by atoms with van der Waals surface area (Å²) in [6.07, 6.45) is 0.522. The van der Waals surface area contributed by atoms with Crippen LogP contribution in [0, 0.1) is 0 Å². The average molecular weight is 285 g/mol. The van der Waals surface area contributed by atoms with Crippen LogP contribution in [-0.4, -0.2) is 38.8 Å². The van der Waals surface area contributed by atoms with Crippen LogP contribution in [0.25, 0.3) is 0 Å². The highest BCUT2D eigenvalue weighted by atomic mass is 32.2. The van der Waals surface area contributed by atoms with Gasteiger partial charge in [-0.25, -0.2) is 8.42 Å². The zero-order chi connectivity index (χ0) is 14.5. The van der Waals surface area contributed by atoms with Crippen molar-refractivity contribution in [2.75, 3.05) is 24.2 Å². The maximum Gasteiger partial charge on any atom is 0.305 e. The third-order valence-electron chi connectivity index (χ3n) is 2.75. The molecule has 0 bridgehead atoms. The predicted molar refractivity (Wildman–Crippen MR) is 74.3 cm³/mol. The molecule has 1 rings (SSSR count). The monoisotopic (exact) mass is 285 g/mol. The maximum atomic E-state index is 12.2. The number of hydrogen-bond donors (Lipinski definition) is 1. The molecular weight excluding hydrogens is 266 g/mol. The Morgan fingerprint density at radius 3 is 2.53 bits per heavy atom. The summed E-state index contributed by atoms with van der Waals surface area (Å²) in [5.74, 6) is -0.808. The van der Waals surface area contributed by atoms with Crippen molar-refractivity contribution in [2.24, 2.45) is 0 Å². The van der Waals surface area contributed by atoms with Crippen molar-refractivity contribution in [2.45, 2.75) is 24.7 Å². The van der Waals surface area contributed by atoms with Crippen molar-refractivity contribution in [3.05, 3.63) is 24.3 Å². The molecule has 0 aliphatic heterocycles. The molecule has 0 amide bonds. The first-order valence-electron chi connectivity index (χ1n) is 6.13. The lowest BCUT2D eigenvalue weighted by atomic mass is 10.3. The van der Waals surface area contributed by atoms with Crippen LogP contribution in [0.2, 0.25) is 0 Å². The van der Waals surface area contributed by atoms with Gasteiger partial charge < -0.3 is 10.0 Å². The Hall–Kier alpha value is -1.56. The van der Waals surface area contributed by atoms with E-state index in [2.05, 4.69) is 0 Å². The minimum absolute atomic E-state index is 0.0291. The second-order valence-electron chi connectivity index (χ2n) is 4.35. The van der Waals surface area contributed by atoms with Gasteiger partial charge in [0, 0.05) is 13.6 Å². The summed E-state index contributed by atoms with van der Waals surface area (Å²) in [5.41, 5.74) is 0.553. The lowest BCUT2D eigenvalue weighted by molar-refractivity contribution is -0.136. The van der Waals surface area contributed by atoms with Crippen LogP contribution in [0.4, 0.5) is 5.69 Å². The summed E-state index contributed by atoms with van der Waals surface area (Å²) in [4.78, 5) is 12.5. The molecule has 1 aromatic rings. The molecule has 0 unspecified atom stereocenters. The summed E-state index contributed by atoms with van der Waals surface area (Å²) in [6, 6.07) is 6.69. The van der Waals surface area contributed by atoms with E-state index in [4.69, 9.17) is 5.11 Å². The maximum absolute atomic E-state index is 12.2. The molecule has 0 radical (unpaired) electrons. The molecule has 0 aromatic heterocycles. The number of carboxylic acids is 1. The van der Waals surface area contributed by atoms with E-state index >= 15 is 0 Å². The normalized spacial score (nSPS) is 11.3. The van der Waals surface area contributed by atoms with Crippen LogP contribution in [0.5, 0.6) is 0 Å². The van der Waals surface area contributed by atoms with Crippen molar-refractivity contribution in [1.29, 1.82) is 0 Å². The Morgan fingerprint density at radius 2 is 1.95 bits per heavy atom. The largest absolute Gasteiger partial charge is 0.481 e. The first kappa shape index (κ1) is 15.5. The number of para-hydroxylation sites is 1. The van der Waals surface area contributed by atoms with Gasteiger partial charge >= 0.3 is 5.97 Å². The van der Waals surface area contributed by atoms with E-state index in [-0.39, 0.29) is 23.6 Å². The number of carboxylic acid groups (broad SMARTS) is 1. The number of nitrogens with zero attached hydrogens (tertiary/aromatic N) is 1. The smallest absolute Gasteiger partial charge is 0.305 e. The van der Waals surface area contributed by atoms with Gasteiger partial charge in [0.15, 0.2) is 9.84 Å². The number of benzene rings is 1. The van der Waals surface area contributed by atoms with Gasteiger partial charge in [0.05, 0.1) is 22.8 Å². The lowest BCUT2D eigenvalue weighted by Gasteiger charge is -2.21. The standard InChI is InChI=1S/C13H19NO4S/c1-3-10-19(17,18)12-7-5-4-6-11(12)14(2)9-8-13(15)16/h4-7H,3,8-10H2,1-2H3,(H,15,16). The van der Waals surface area contributed by atoms with Crippen LogP contribution in [-0.2, 0) is 14.6 Å². The van der Waals surface area contributed by atoms with E-state index in [0.29, 0.717) is 12.1 Å². The zero-order valence-electron chi connectivity index (χ0n) is 11.2. The molecule has 5 nitrogen and oxygen atoms in total. The van der Waals surface area contributed by atoms with E-state index in [1.807, 2.05) is 6.92 Å². The highest BCUT2D eigenvalue weighted by Crippen LogP contribution is 2.25. The van der Waals surface area contributed by atoms with E-state index < -0.39 is 15.8 Å². The van der Waals surface area contributed by atoms with Gasteiger partial charge in [0.1, 0.15) is 0 Å². The van der Waals surface area contributed by atoms with E-state index in [0.717, 1.165) is 0 Å². The Bertz CT molecular complexity index is 539. The topological polar surface area (TPSA) is 74.7 Å². The average Bonchev–Trinajstić information content (AvgIpc) is 2.36. The summed E-state index contributed by atoms with van der Waals surface area (Å²) >= 11 is 0. The van der Waals surface area contributed by atoms with Crippen molar-refractivity contribution < 1.29 is 18.3 Å². The first-order valence-corrected chi connectivity index (χ1v) is 7.78. The van der Waals surface area contributed by atoms with Crippen LogP contribution < -0.4 is 4.90 Å². The fourth-order valence-electron chi connectivity index (χ4n) is 1.80. The summed E-state index contributed by atoms with van der Waals surface area (Å²) in [6.45, 7) is 2.09. The molecule has 0 aliphatic rings. The van der Waals surface area contributed by atoms with Gasteiger partial charge in [-0.1, -0.05) is 19.1 Å². The summed E-state index contributed by atoms with van der Waals surface area (Å²) < 4.78 is 24.3. The SMILES string of the molecule is CCCS(=O)(=O)c1ccccc1N(C)CCC(=O)O. The molecule has 0 aliphatic carbocycles. The van der Waals surface area contributed by atoms with Crippen LogP contribution >= 0.6 is 0 Å². The minimum Gasteiger partial charge on any atom is -0.481 e. The fraction of sp³-hybridized carbons (Fsp3) is 0.462. The van der Waals surface area contributed by atoms with E-state index in [1.54, 1.807) is 36.2 Å². The molecule has 1 N–H and O–H groups in total. The van der Waals surface area contributed by atoms with Gasteiger partial charge in [-0.15, -0.1) is 0 Å². The van der Waals surface area contributed by atoms with Gasteiger partial charge in [-0.3, -0.25) is 4.79 Å². The molecule has 19 heavy (non-hydrogen) atoms. The molecule has 0 saturated heterocycles. The molecule has 0 fully saturated rings. The van der Waals surface area contributed by atoms with Gasteiger partial charge in [-0.05, 0) is 18.6 Å².